The molecule has 0 N–H and O–H groups in total. The molecule has 0 unspecified atom stereocenters. The van der Waals surface area contributed by atoms with Crippen LogP contribution < -0.4 is 0 Å². The minimum absolute atomic E-state index is 0.656. The Hall–Kier alpha value is -3.12. The zero-order valence-electron chi connectivity index (χ0n) is 11.2. The number of rotatable bonds is 1. The molecule has 0 aliphatic heterocycles. The molecule has 3 nitrogen and oxygen atoms in total. The van der Waals surface area contributed by atoms with E-state index in [0.29, 0.717) is 5.56 Å². The van der Waals surface area contributed by atoms with E-state index in [1.54, 1.807) is 0 Å². The van der Waals surface area contributed by atoms with Crippen molar-refractivity contribution in [3.63, 3.8) is 0 Å². The third kappa shape index (κ3) is 1.86. The van der Waals surface area contributed by atoms with Crippen LogP contribution in [0.5, 0.6) is 0 Å². The van der Waals surface area contributed by atoms with Crippen LogP contribution in [0.4, 0.5) is 0 Å². The van der Waals surface area contributed by atoms with E-state index in [9.17, 15) is 0 Å². The van der Waals surface area contributed by atoms with Gasteiger partial charge in [0.15, 0.2) is 0 Å². The maximum absolute atomic E-state index is 9.06. The standard InChI is InChI=1S/C18H11N3/c19-12-13-5-6-15-9-10-21(17(15)11-13)18-8-7-14-3-1-2-4-16(14)20-18/h1-11H. The van der Waals surface area contributed by atoms with Gasteiger partial charge in [0.2, 0.25) is 0 Å². The second-order valence-electron chi connectivity index (χ2n) is 4.93. The molecule has 4 aromatic rings. The van der Waals surface area contributed by atoms with E-state index in [-0.39, 0.29) is 0 Å². The number of pyridine rings is 1. The topological polar surface area (TPSA) is 41.6 Å². The van der Waals surface area contributed by atoms with Gasteiger partial charge < -0.3 is 4.57 Å². The minimum Gasteiger partial charge on any atom is -0.301 e. The first kappa shape index (κ1) is 11.7. The SMILES string of the molecule is N#Cc1ccc2ccn(-c3ccc4ccccc4n3)c2c1. The van der Waals surface area contributed by atoms with Crippen LogP contribution in [-0.4, -0.2) is 9.55 Å². The van der Waals surface area contributed by atoms with Gasteiger partial charge in [-0.1, -0.05) is 24.3 Å². The number of benzene rings is 2. The first-order valence-electron chi connectivity index (χ1n) is 6.72. The van der Waals surface area contributed by atoms with Crippen LogP contribution in [0.3, 0.4) is 0 Å². The molecule has 0 saturated carbocycles. The van der Waals surface area contributed by atoms with E-state index >= 15 is 0 Å². The largest absolute Gasteiger partial charge is 0.301 e. The third-order valence-corrected chi connectivity index (χ3v) is 3.65. The van der Waals surface area contributed by atoms with Crippen molar-refractivity contribution in [2.24, 2.45) is 0 Å². The quantitative estimate of drug-likeness (QED) is 0.523. The summed E-state index contributed by atoms with van der Waals surface area (Å²) in [5.41, 5.74) is 2.62. The summed E-state index contributed by atoms with van der Waals surface area (Å²) >= 11 is 0. The average Bonchev–Trinajstić information content (AvgIpc) is 2.97. The molecule has 0 radical (unpaired) electrons. The Morgan fingerprint density at radius 2 is 1.76 bits per heavy atom. The maximum atomic E-state index is 9.06. The highest BCUT2D eigenvalue weighted by Gasteiger charge is 2.06. The lowest BCUT2D eigenvalue weighted by Gasteiger charge is -2.06. The van der Waals surface area contributed by atoms with Crippen molar-refractivity contribution in [3.8, 4) is 11.9 Å². The van der Waals surface area contributed by atoms with Gasteiger partial charge in [0.1, 0.15) is 5.82 Å². The zero-order valence-corrected chi connectivity index (χ0v) is 11.2. The first-order chi connectivity index (χ1) is 10.3. The number of para-hydroxylation sites is 1. The second-order valence-corrected chi connectivity index (χ2v) is 4.93. The van der Waals surface area contributed by atoms with Crippen molar-refractivity contribution in [2.45, 2.75) is 0 Å². The van der Waals surface area contributed by atoms with Crippen molar-refractivity contribution < 1.29 is 0 Å². The molecule has 4 rings (SSSR count). The number of aromatic nitrogens is 2. The summed E-state index contributed by atoms with van der Waals surface area (Å²) in [6.45, 7) is 0. The summed E-state index contributed by atoms with van der Waals surface area (Å²) in [5, 5.41) is 11.3. The van der Waals surface area contributed by atoms with Gasteiger partial charge in [0, 0.05) is 17.0 Å². The highest BCUT2D eigenvalue weighted by atomic mass is 15.0. The Morgan fingerprint density at radius 1 is 0.905 bits per heavy atom. The Balaban J connectivity index is 1.97. The summed E-state index contributed by atoms with van der Waals surface area (Å²) in [4.78, 5) is 4.70. The average molecular weight is 269 g/mol. The van der Waals surface area contributed by atoms with Crippen molar-refractivity contribution >= 4 is 21.8 Å². The van der Waals surface area contributed by atoms with Crippen LogP contribution in [0, 0.1) is 11.3 Å². The number of nitrogens with zero attached hydrogens (tertiary/aromatic N) is 3. The molecular formula is C18H11N3. The molecular weight excluding hydrogens is 258 g/mol. The minimum atomic E-state index is 0.656. The molecule has 0 aliphatic carbocycles. The van der Waals surface area contributed by atoms with Gasteiger partial charge in [-0.2, -0.15) is 5.26 Å². The Bertz CT molecular complexity index is 1010. The molecule has 0 aliphatic rings. The van der Waals surface area contributed by atoms with Gasteiger partial charge in [-0.15, -0.1) is 0 Å². The Labute approximate surface area is 121 Å². The fourth-order valence-electron chi connectivity index (χ4n) is 2.59. The molecule has 2 aromatic carbocycles. The lowest BCUT2D eigenvalue weighted by atomic mass is 10.2. The molecule has 0 amide bonds. The number of hydrogen-bond acceptors (Lipinski definition) is 2. The summed E-state index contributed by atoms with van der Waals surface area (Å²) in [5.74, 6) is 0.860. The van der Waals surface area contributed by atoms with Gasteiger partial charge in [-0.3, -0.25) is 0 Å². The normalized spacial score (nSPS) is 10.8. The summed E-state index contributed by atoms with van der Waals surface area (Å²) in [6.07, 6.45) is 1.99. The van der Waals surface area contributed by atoms with Crippen LogP contribution in [0.1, 0.15) is 5.56 Å². The van der Waals surface area contributed by atoms with Crippen molar-refractivity contribution in [3.05, 3.63) is 72.4 Å². The van der Waals surface area contributed by atoms with Gasteiger partial charge in [-0.25, -0.2) is 4.98 Å². The number of hydrogen-bond donors (Lipinski definition) is 0. The fraction of sp³-hybridized carbons (Fsp3) is 0. The summed E-state index contributed by atoms with van der Waals surface area (Å²) < 4.78 is 2.02. The predicted molar refractivity (Wildman–Crippen MR) is 83.3 cm³/mol. The Kier molecular flexibility index (Phi) is 2.48. The van der Waals surface area contributed by atoms with Crippen molar-refractivity contribution in [1.29, 1.82) is 5.26 Å². The lowest BCUT2D eigenvalue weighted by molar-refractivity contribution is 1.06. The third-order valence-electron chi connectivity index (χ3n) is 3.65. The van der Waals surface area contributed by atoms with Crippen LogP contribution in [-0.2, 0) is 0 Å². The second kappa shape index (κ2) is 4.46. The lowest BCUT2D eigenvalue weighted by Crippen LogP contribution is -1.96. The highest BCUT2D eigenvalue weighted by Crippen LogP contribution is 2.22. The van der Waals surface area contributed by atoms with E-state index in [2.05, 4.69) is 12.1 Å². The monoisotopic (exact) mass is 269 g/mol. The Morgan fingerprint density at radius 3 is 2.67 bits per heavy atom. The van der Waals surface area contributed by atoms with Gasteiger partial charge >= 0.3 is 0 Å². The van der Waals surface area contributed by atoms with Gasteiger partial charge in [0.25, 0.3) is 0 Å². The van der Waals surface area contributed by atoms with Crippen molar-refractivity contribution in [1.82, 2.24) is 9.55 Å². The van der Waals surface area contributed by atoms with E-state index < -0.39 is 0 Å². The maximum Gasteiger partial charge on any atom is 0.137 e. The van der Waals surface area contributed by atoms with E-state index in [1.165, 1.54) is 0 Å². The van der Waals surface area contributed by atoms with E-state index in [4.69, 9.17) is 10.2 Å². The van der Waals surface area contributed by atoms with Crippen LogP contribution in [0.25, 0.3) is 27.6 Å². The summed E-state index contributed by atoms with van der Waals surface area (Å²) in [7, 11) is 0. The predicted octanol–water partition coefficient (Wildman–Crippen LogP) is 4.05. The molecule has 2 aromatic heterocycles. The van der Waals surface area contributed by atoms with Crippen LogP contribution in [0.15, 0.2) is 66.9 Å². The fourth-order valence-corrected chi connectivity index (χ4v) is 2.59. The van der Waals surface area contributed by atoms with Crippen molar-refractivity contribution in [2.75, 3.05) is 0 Å². The molecule has 0 atom stereocenters. The van der Waals surface area contributed by atoms with E-state index in [0.717, 1.165) is 27.6 Å². The van der Waals surface area contributed by atoms with Gasteiger partial charge in [-0.05, 0) is 36.4 Å². The van der Waals surface area contributed by atoms with Crippen LogP contribution in [0.2, 0.25) is 0 Å². The van der Waals surface area contributed by atoms with Gasteiger partial charge in [0.05, 0.1) is 22.7 Å². The molecule has 0 fully saturated rings. The number of nitriles is 1. The van der Waals surface area contributed by atoms with E-state index in [1.807, 2.05) is 65.4 Å². The molecule has 21 heavy (non-hydrogen) atoms. The molecule has 0 bridgehead atoms. The molecule has 3 heteroatoms. The summed E-state index contributed by atoms with van der Waals surface area (Å²) in [6, 6.07) is 22.0. The zero-order chi connectivity index (χ0) is 14.2. The first-order valence-corrected chi connectivity index (χ1v) is 6.72. The number of fused-ring (bicyclic) bond motifs is 2. The molecule has 0 spiro atoms. The molecule has 98 valence electrons. The molecule has 0 saturated heterocycles. The highest BCUT2D eigenvalue weighted by molar-refractivity contribution is 5.84. The van der Waals surface area contributed by atoms with Crippen LogP contribution >= 0.6 is 0 Å². The molecule has 2 heterocycles. The smallest absolute Gasteiger partial charge is 0.137 e.